The SMILES string of the molecule is CC(Nc1cccc(-c2cn[nH]n2)c1)c1ncc(CO)cc1O. The molecular formula is C16H17N5O2. The Morgan fingerprint density at radius 3 is 2.83 bits per heavy atom. The number of aromatic amines is 1. The first-order valence-electron chi connectivity index (χ1n) is 7.18. The Kier molecular flexibility index (Phi) is 4.20. The number of nitrogens with one attached hydrogen (secondary N) is 2. The van der Waals surface area contributed by atoms with Crippen molar-refractivity contribution in [1.29, 1.82) is 0 Å². The molecule has 1 atom stereocenters. The lowest BCUT2D eigenvalue weighted by atomic mass is 10.1. The van der Waals surface area contributed by atoms with Crippen LogP contribution >= 0.6 is 0 Å². The molecule has 7 heteroatoms. The first-order valence-corrected chi connectivity index (χ1v) is 7.18. The van der Waals surface area contributed by atoms with Crippen LogP contribution in [0.1, 0.15) is 24.2 Å². The zero-order valence-electron chi connectivity index (χ0n) is 12.6. The maximum Gasteiger partial charge on any atom is 0.139 e. The molecule has 1 unspecified atom stereocenters. The van der Waals surface area contributed by atoms with Crippen LogP contribution in [0.3, 0.4) is 0 Å². The number of rotatable bonds is 5. The van der Waals surface area contributed by atoms with Crippen molar-refractivity contribution in [3.63, 3.8) is 0 Å². The predicted molar refractivity (Wildman–Crippen MR) is 85.7 cm³/mol. The number of aromatic hydroxyl groups is 1. The summed E-state index contributed by atoms with van der Waals surface area (Å²) in [6.45, 7) is 1.76. The summed E-state index contributed by atoms with van der Waals surface area (Å²) in [5.41, 5.74) is 3.67. The van der Waals surface area contributed by atoms with Gasteiger partial charge in [-0.2, -0.15) is 15.4 Å². The van der Waals surface area contributed by atoms with Gasteiger partial charge in [-0.05, 0) is 30.7 Å². The van der Waals surface area contributed by atoms with Crippen molar-refractivity contribution in [3.05, 3.63) is 54.0 Å². The molecule has 0 aliphatic heterocycles. The Balaban J connectivity index is 1.80. The van der Waals surface area contributed by atoms with Crippen molar-refractivity contribution in [2.24, 2.45) is 0 Å². The van der Waals surface area contributed by atoms with Gasteiger partial charge in [-0.1, -0.05) is 12.1 Å². The van der Waals surface area contributed by atoms with Gasteiger partial charge in [0.1, 0.15) is 17.1 Å². The van der Waals surface area contributed by atoms with Crippen LogP contribution in [0.25, 0.3) is 11.3 Å². The molecule has 1 aromatic carbocycles. The van der Waals surface area contributed by atoms with Crippen LogP contribution in [0.15, 0.2) is 42.7 Å². The highest BCUT2D eigenvalue weighted by atomic mass is 16.3. The third kappa shape index (κ3) is 3.29. The number of pyridine rings is 1. The average molecular weight is 311 g/mol. The topological polar surface area (TPSA) is 107 Å². The zero-order chi connectivity index (χ0) is 16.2. The smallest absolute Gasteiger partial charge is 0.139 e. The number of hydrogen-bond acceptors (Lipinski definition) is 6. The summed E-state index contributed by atoms with van der Waals surface area (Å²) >= 11 is 0. The summed E-state index contributed by atoms with van der Waals surface area (Å²) in [6.07, 6.45) is 3.21. The zero-order valence-corrected chi connectivity index (χ0v) is 12.6. The number of benzene rings is 1. The molecule has 0 fully saturated rings. The maximum atomic E-state index is 10.0. The van der Waals surface area contributed by atoms with Gasteiger partial charge in [0.15, 0.2) is 0 Å². The molecule has 0 aliphatic carbocycles. The van der Waals surface area contributed by atoms with Gasteiger partial charge in [0.25, 0.3) is 0 Å². The van der Waals surface area contributed by atoms with Gasteiger partial charge in [0, 0.05) is 17.4 Å². The van der Waals surface area contributed by atoms with E-state index in [2.05, 4.69) is 25.7 Å². The Hall–Kier alpha value is -2.93. The second-order valence-electron chi connectivity index (χ2n) is 5.21. The van der Waals surface area contributed by atoms with Crippen LogP contribution in [0.5, 0.6) is 5.75 Å². The van der Waals surface area contributed by atoms with Crippen molar-refractivity contribution in [3.8, 4) is 17.0 Å². The van der Waals surface area contributed by atoms with Crippen LogP contribution < -0.4 is 5.32 Å². The van der Waals surface area contributed by atoms with Crippen LogP contribution in [0, 0.1) is 0 Å². The first-order chi connectivity index (χ1) is 11.2. The Morgan fingerprint density at radius 2 is 2.13 bits per heavy atom. The molecule has 0 saturated heterocycles. The Morgan fingerprint density at radius 1 is 1.26 bits per heavy atom. The van der Waals surface area contributed by atoms with Gasteiger partial charge in [-0.15, -0.1) is 0 Å². The fraction of sp³-hybridized carbons (Fsp3) is 0.188. The quantitative estimate of drug-likeness (QED) is 0.575. The number of nitrogens with zero attached hydrogens (tertiary/aromatic N) is 3. The summed E-state index contributed by atoms with van der Waals surface area (Å²) in [6, 6.07) is 9.06. The fourth-order valence-electron chi connectivity index (χ4n) is 2.35. The number of hydrogen-bond donors (Lipinski definition) is 4. The minimum Gasteiger partial charge on any atom is -0.506 e. The van der Waals surface area contributed by atoms with Gasteiger partial charge in [0.05, 0.1) is 18.8 Å². The minimum absolute atomic E-state index is 0.0594. The molecule has 3 rings (SSSR count). The number of anilines is 1. The normalized spacial score (nSPS) is 12.1. The van der Waals surface area contributed by atoms with E-state index in [0.717, 1.165) is 16.9 Å². The summed E-state index contributed by atoms with van der Waals surface area (Å²) in [5, 5.41) is 32.9. The molecule has 23 heavy (non-hydrogen) atoms. The maximum absolute atomic E-state index is 10.0. The molecule has 0 aliphatic rings. The number of aromatic nitrogens is 4. The molecule has 0 saturated carbocycles. The molecule has 0 bridgehead atoms. The van der Waals surface area contributed by atoms with Crippen LogP contribution in [-0.4, -0.2) is 30.6 Å². The van der Waals surface area contributed by atoms with Gasteiger partial charge < -0.3 is 15.5 Å². The van der Waals surface area contributed by atoms with E-state index in [1.165, 1.54) is 6.07 Å². The van der Waals surface area contributed by atoms with Crippen molar-refractivity contribution in [2.75, 3.05) is 5.32 Å². The standard InChI is InChI=1S/C16H17N5O2/c1-10(16-15(23)5-11(9-22)7-17-16)19-13-4-2-3-12(6-13)14-8-18-21-20-14/h2-8,10,19,22-23H,9H2,1H3,(H,18,20,21). The van der Waals surface area contributed by atoms with E-state index >= 15 is 0 Å². The third-order valence-corrected chi connectivity index (χ3v) is 3.50. The number of H-pyrrole nitrogens is 1. The largest absolute Gasteiger partial charge is 0.506 e. The Labute approximate surface area is 133 Å². The molecule has 118 valence electrons. The summed E-state index contributed by atoms with van der Waals surface area (Å²) in [5.74, 6) is 0.0594. The molecule has 0 spiro atoms. The summed E-state index contributed by atoms with van der Waals surface area (Å²) in [4.78, 5) is 4.22. The second-order valence-corrected chi connectivity index (χ2v) is 5.21. The van der Waals surface area contributed by atoms with Crippen LogP contribution in [0.4, 0.5) is 5.69 Å². The number of aliphatic hydroxyl groups is 1. The number of aliphatic hydroxyl groups excluding tert-OH is 1. The highest BCUT2D eigenvalue weighted by Gasteiger charge is 2.13. The van der Waals surface area contributed by atoms with E-state index in [0.29, 0.717) is 11.3 Å². The van der Waals surface area contributed by atoms with E-state index in [9.17, 15) is 5.11 Å². The van der Waals surface area contributed by atoms with Crippen LogP contribution in [0.2, 0.25) is 0 Å². The van der Waals surface area contributed by atoms with E-state index in [1.54, 1.807) is 12.4 Å². The van der Waals surface area contributed by atoms with Crippen LogP contribution in [-0.2, 0) is 6.61 Å². The average Bonchev–Trinajstić information content (AvgIpc) is 3.09. The van der Waals surface area contributed by atoms with E-state index in [-0.39, 0.29) is 18.4 Å². The minimum atomic E-state index is -0.199. The third-order valence-electron chi connectivity index (χ3n) is 3.50. The fourth-order valence-corrected chi connectivity index (χ4v) is 2.35. The summed E-state index contributed by atoms with van der Waals surface area (Å²) in [7, 11) is 0. The van der Waals surface area contributed by atoms with Crippen molar-refractivity contribution in [2.45, 2.75) is 19.6 Å². The summed E-state index contributed by atoms with van der Waals surface area (Å²) < 4.78 is 0. The van der Waals surface area contributed by atoms with Crippen molar-refractivity contribution < 1.29 is 10.2 Å². The van der Waals surface area contributed by atoms with E-state index in [1.807, 2.05) is 31.2 Å². The first kappa shape index (κ1) is 15.0. The molecule has 4 N–H and O–H groups in total. The second kappa shape index (κ2) is 6.45. The van der Waals surface area contributed by atoms with Gasteiger partial charge in [-0.3, -0.25) is 4.98 Å². The van der Waals surface area contributed by atoms with E-state index < -0.39 is 0 Å². The lowest BCUT2D eigenvalue weighted by Crippen LogP contribution is -2.09. The highest BCUT2D eigenvalue weighted by Crippen LogP contribution is 2.27. The van der Waals surface area contributed by atoms with Gasteiger partial charge in [-0.25, -0.2) is 0 Å². The van der Waals surface area contributed by atoms with E-state index in [4.69, 9.17) is 5.11 Å². The molecule has 3 aromatic rings. The molecule has 0 radical (unpaired) electrons. The van der Waals surface area contributed by atoms with Crippen molar-refractivity contribution >= 4 is 5.69 Å². The predicted octanol–water partition coefficient (Wildman–Crippen LogP) is 2.24. The Bertz CT molecular complexity index is 789. The molecule has 0 amide bonds. The van der Waals surface area contributed by atoms with Gasteiger partial charge >= 0.3 is 0 Å². The highest BCUT2D eigenvalue weighted by molar-refractivity contribution is 5.64. The van der Waals surface area contributed by atoms with Gasteiger partial charge in [0.2, 0.25) is 0 Å². The molecular weight excluding hydrogens is 294 g/mol. The monoisotopic (exact) mass is 311 g/mol. The lowest BCUT2D eigenvalue weighted by Gasteiger charge is -2.16. The molecule has 2 aromatic heterocycles. The van der Waals surface area contributed by atoms with Crippen molar-refractivity contribution in [1.82, 2.24) is 20.4 Å². The lowest BCUT2D eigenvalue weighted by molar-refractivity contribution is 0.280. The molecule has 7 nitrogen and oxygen atoms in total. The molecule has 2 heterocycles.